The predicted octanol–water partition coefficient (Wildman–Crippen LogP) is -1.64. The molecule has 0 aliphatic heterocycles. The molecule has 0 rings (SSSR count). The van der Waals surface area contributed by atoms with Gasteiger partial charge in [-0.05, 0) is 6.92 Å². The molecule has 9 nitrogen and oxygen atoms in total. The monoisotopic (exact) mass is 243 g/mol. The summed E-state index contributed by atoms with van der Waals surface area (Å²) in [6.45, 7) is 1.98. The Morgan fingerprint density at radius 1 is 1.47 bits per heavy atom. The molecule has 0 aromatic carbocycles. The van der Waals surface area contributed by atoms with Crippen LogP contribution in [0.1, 0.15) is 6.92 Å². The number of carboxylic acid groups (broad SMARTS) is 1. The van der Waals surface area contributed by atoms with E-state index >= 15 is 0 Å². The molecule has 0 aromatic rings. The zero-order valence-electron chi connectivity index (χ0n) is 7.99. The number of guanidine groups is 1. The van der Waals surface area contributed by atoms with Crippen molar-refractivity contribution < 1.29 is 29.1 Å². The smallest absolute Gasteiger partial charge is 0.466 e. The molecule has 0 aromatic heterocycles. The van der Waals surface area contributed by atoms with E-state index in [1.807, 2.05) is 0 Å². The van der Waals surface area contributed by atoms with Crippen molar-refractivity contribution in [3.8, 4) is 0 Å². The third-order valence-electron chi connectivity index (χ3n) is 1.05. The zero-order chi connectivity index (χ0) is 12.6. The van der Waals surface area contributed by atoms with Crippen molar-refractivity contribution >= 4 is 19.8 Å². The molecule has 10 heteroatoms. The van der Waals surface area contributed by atoms with Crippen LogP contribution in [0.15, 0.2) is 0 Å². The van der Waals surface area contributed by atoms with Gasteiger partial charge in [0, 0.05) is 6.54 Å². The Bertz CT molecular complexity index is 255. The largest absolute Gasteiger partial charge is 0.480 e. The summed E-state index contributed by atoms with van der Waals surface area (Å²) in [7, 11) is -4.64. The summed E-state index contributed by atoms with van der Waals surface area (Å²) in [4.78, 5) is 32.9. The van der Waals surface area contributed by atoms with Gasteiger partial charge in [0.2, 0.25) is 0 Å². The molecule has 7 N–H and O–H groups in total. The Hall–Kier alpha value is -1.15. The van der Waals surface area contributed by atoms with Crippen LogP contribution < -0.4 is 5.73 Å². The number of phosphoric acid groups is 1. The Labute approximate surface area is 85.9 Å². The number of nitrogens with two attached hydrogens (primary N) is 1. The van der Waals surface area contributed by atoms with Crippen LogP contribution >= 0.6 is 7.82 Å². The van der Waals surface area contributed by atoms with Crippen LogP contribution in [0.4, 0.5) is 0 Å². The standard InChI is InChI=1S/C5H11N3O2.H3O4P/c1-2-8(5(6)7)3-4(9)10;1-5(2,3)4/h2-3H2,1H3,(H3,6,7)(H,9,10);(H3,1,2,3,4). The first-order valence-electron chi connectivity index (χ1n) is 3.67. The van der Waals surface area contributed by atoms with Gasteiger partial charge in [0.25, 0.3) is 0 Å². The lowest BCUT2D eigenvalue weighted by molar-refractivity contribution is -0.137. The topological polar surface area (TPSA) is 168 Å². The molecule has 0 radical (unpaired) electrons. The quantitative estimate of drug-likeness (QED) is 0.195. The van der Waals surface area contributed by atoms with Crippen molar-refractivity contribution in [2.45, 2.75) is 6.92 Å². The van der Waals surface area contributed by atoms with Crippen LogP contribution in [0, 0.1) is 5.41 Å². The van der Waals surface area contributed by atoms with Crippen LogP contribution in [0.5, 0.6) is 0 Å². The lowest BCUT2D eigenvalue weighted by atomic mass is 10.5. The van der Waals surface area contributed by atoms with Crippen molar-refractivity contribution in [2.24, 2.45) is 5.73 Å². The van der Waals surface area contributed by atoms with E-state index in [4.69, 9.17) is 35.5 Å². The number of nitrogens with one attached hydrogen (secondary N) is 1. The molecule has 0 aliphatic carbocycles. The molecular weight excluding hydrogens is 229 g/mol. The molecule has 0 heterocycles. The van der Waals surface area contributed by atoms with Gasteiger partial charge in [-0.3, -0.25) is 10.2 Å². The van der Waals surface area contributed by atoms with Gasteiger partial charge in [-0.25, -0.2) is 4.57 Å². The lowest BCUT2D eigenvalue weighted by Crippen LogP contribution is -2.39. The van der Waals surface area contributed by atoms with E-state index in [2.05, 4.69) is 0 Å². The second kappa shape index (κ2) is 7.18. The number of rotatable bonds is 3. The summed E-state index contributed by atoms with van der Waals surface area (Å²) < 4.78 is 8.88. The Morgan fingerprint density at radius 2 is 1.80 bits per heavy atom. The molecule has 90 valence electrons. The maximum absolute atomic E-state index is 10.1. The second-order valence-electron chi connectivity index (χ2n) is 2.31. The molecule has 0 atom stereocenters. The van der Waals surface area contributed by atoms with Crippen molar-refractivity contribution in [2.75, 3.05) is 13.1 Å². The maximum atomic E-state index is 10.1. The van der Waals surface area contributed by atoms with Crippen LogP contribution in [0.2, 0.25) is 0 Å². The summed E-state index contributed by atoms with van der Waals surface area (Å²) in [5, 5.41) is 15.2. The van der Waals surface area contributed by atoms with Gasteiger partial charge in [0.1, 0.15) is 6.54 Å². The van der Waals surface area contributed by atoms with E-state index in [1.54, 1.807) is 6.92 Å². The number of carboxylic acids is 1. The minimum Gasteiger partial charge on any atom is -0.480 e. The molecule has 15 heavy (non-hydrogen) atoms. The highest BCUT2D eigenvalue weighted by Crippen LogP contribution is 2.25. The van der Waals surface area contributed by atoms with Crippen molar-refractivity contribution in [3.63, 3.8) is 0 Å². The molecule has 0 saturated carbocycles. The first kappa shape index (κ1) is 16.3. The SMILES string of the molecule is CCN(CC(=O)O)C(=N)N.O=P(O)(O)O. The van der Waals surface area contributed by atoms with Crippen LogP contribution in [-0.2, 0) is 9.36 Å². The minimum absolute atomic E-state index is 0.203. The maximum Gasteiger partial charge on any atom is 0.466 e. The van der Waals surface area contributed by atoms with Gasteiger partial charge < -0.3 is 30.4 Å². The third-order valence-corrected chi connectivity index (χ3v) is 1.05. The number of nitrogens with zero attached hydrogens (tertiary/aromatic N) is 1. The fourth-order valence-electron chi connectivity index (χ4n) is 0.531. The summed E-state index contributed by atoms with van der Waals surface area (Å²) >= 11 is 0. The van der Waals surface area contributed by atoms with Gasteiger partial charge in [-0.2, -0.15) is 0 Å². The Kier molecular flexibility index (Phi) is 7.80. The average molecular weight is 243 g/mol. The minimum atomic E-state index is -4.64. The summed E-state index contributed by atoms with van der Waals surface area (Å²) in [5.74, 6) is -1.18. The van der Waals surface area contributed by atoms with E-state index in [-0.39, 0.29) is 12.5 Å². The molecule has 0 spiro atoms. The van der Waals surface area contributed by atoms with Gasteiger partial charge in [0.05, 0.1) is 0 Å². The van der Waals surface area contributed by atoms with E-state index in [9.17, 15) is 4.79 Å². The van der Waals surface area contributed by atoms with Crippen LogP contribution in [0.25, 0.3) is 0 Å². The fraction of sp³-hybridized carbons (Fsp3) is 0.600. The summed E-state index contributed by atoms with van der Waals surface area (Å²) in [6.07, 6.45) is 0. The molecule has 0 saturated heterocycles. The molecule has 0 unspecified atom stereocenters. The van der Waals surface area contributed by atoms with Gasteiger partial charge >= 0.3 is 13.8 Å². The average Bonchev–Trinajstić information content (AvgIpc) is 1.95. The van der Waals surface area contributed by atoms with Gasteiger partial charge in [-0.15, -0.1) is 0 Å². The Balaban J connectivity index is 0. The molecule has 0 bridgehead atoms. The molecule has 0 aliphatic rings. The van der Waals surface area contributed by atoms with Crippen molar-refractivity contribution in [1.29, 1.82) is 5.41 Å². The van der Waals surface area contributed by atoms with Crippen LogP contribution in [0.3, 0.4) is 0 Å². The molecule has 0 amide bonds. The third kappa shape index (κ3) is 19.3. The number of aliphatic carboxylic acids is 1. The first-order chi connectivity index (χ1) is 6.57. The molecular formula is C5H14N3O6P. The van der Waals surface area contributed by atoms with E-state index < -0.39 is 13.8 Å². The second-order valence-corrected chi connectivity index (χ2v) is 3.33. The predicted molar refractivity (Wildman–Crippen MR) is 51.1 cm³/mol. The summed E-state index contributed by atoms with van der Waals surface area (Å²) in [5.41, 5.74) is 5.04. The number of hydrogen-bond acceptors (Lipinski definition) is 3. The van der Waals surface area contributed by atoms with Crippen molar-refractivity contribution in [3.05, 3.63) is 0 Å². The Morgan fingerprint density at radius 3 is 1.87 bits per heavy atom. The summed E-state index contributed by atoms with van der Waals surface area (Å²) in [6, 6.07) is 0. The lowest BCUT2D eigenvalue weighted by Gasteiger charge is -2.17. The van der Waals surface area contributed by atoms with Crippen LogP contribution in [-0.4, -0.2) is 49.7 Å². The molecule has 0 fully saturated rings. The highest BCUT2D eigenvalue weighted by Gasteiger charge is 2.06. The number of hydrogen-bond donors (Lipinski definition) is 6. The highest BCUT2D eigenvalue weighted by atomic mass is 31.2. The van der Waals surface area contributed by atoms with E-state index in [1.165, 1.54) is 4.90 Å². The number of carbonyl (C=O) groups is 1. The van der Waals surface area contributed by atoms with Gasteiger partial charge in [0.15, 0.2) is 5.96 Å². The normalized spacial score (nSPS) is 9.87. The van der Waals surface area contributed by atoms with Gasteiger partial charge in [-0.1, -0.05) is 0 Å². The van der Waals surface area contributed by atoms with E-state index in [0.29, 0.717) is 6.54 Å². The first-order valence-corrected chi connectivity index (χ1v) is 5.23. The van der Waals surface area contributed by atoms with Crippen molar-refractivity contribution in [1.82, 2.24) is 4.90 Å². The fourth-order valence-corrected chi connectivity index (χ4v) is 0.531. The zero-order valence-corrected chi connectivity index (χ0v) is 8.89. The van der Waals surface area contributed by atoms with E-state index in [0.717, 1.165) is 0 Å². The highest BCUT2D eigenvalue weighted by molar-refractivity contribution is 7.45. The number of likely N-dealkylation sites (N-methyl/N-ethyl adjacent to an activating group) is 1.